The molecule has 0 saturated carbocycles. The van der Waals surface area contributed by atoms with Gasteiger partial charge in [0.15, 0.2) is 5.11 Å². The molecule has 0 amide bonds. The molecule has 7 nitrogen and oxygen atoms in total. The van der Waals surface area contributed by atoms with Gasteiger partial charge in [0.05, 0.1) is 20.6 Å². The molecule has 2 aromatic carbocycles. The number of halogens is 2. The Labute approximate surface area is 183 Å². The van der Waals surface area contributed by atoms with Gasteiger partial charge in [0.2, 0.25) is 5.88 Å². The monoisotopic (exact) mass is 470 g/mol. The van der Waals surface area contributed by atoms with Crippen molar-refractivity contribution in [2.75, 3.05) is 15.4 Å². The van der Waals surface area contributed by atoms with E-state index in [9.17, 15) is 8.42 Å². The number of hydrogen-bond acceptors (Lipinski definition) is 5. The first-order chi connectivity index (χ1) is 13.7. The lowest BCUT2D eigenvalue weighted by molar-refractivity contribution is 0.430. The molecule has 3 rings (SSSR count). The molecule has 3 N–H and O–H groups in total. The fraction of sp³-hybridized carbons (Fsp3) is 0.111. The van der Waals surface area contributed by atoms with Crippen LogP contribution < -0.4 is 15.4 Å². The summed E-state index contributed by atoms with van der Waals surface area (Å²) in [6.45, 7) is 3.45. The third kappa shape index (κ3) is 5.18. The standard InChI is InChI=1S/C18H16Cl2N4O3S2/c1-10-11(2)23-27-17(10)24-29(25,26)14-6-3-12(4-7-14)21-18(28)22-13-5-8-15(19)16(20)9-13/h3-9,24H,1-2H3,(H2,21,22,28). The second kappa shape index (κ2) is 8.58. The van der Waals surface area contributed by atoms with Crippen molar-refractivity contribution in [3.05, 3.63) is 63.8 Å². The van der Waals surface area contributed by atoms with Gasteiger partial charge in [-0.2, -0.15) is 0 Å². The lowest BCUT2D eigenvalue weighted by Crippen LogP contribution is -2.19. The van der Waals surface area contributed by atoms with Crippen molar-refractivity contribution < 1.29 is 12.9 Å². The van der Waals surface area contributed by atoms with Gasteiger partial charge in [-0.05, 0) is 68.5 Å². The lowest BCUT2D eigenvalue weighted by Gasteiger charge is -2.12. The van der Waals surface area contributed by atoms with Gasteiger partial charge in [0.1, 0.15) is 0 Å². The summed E-state index contributed by atoms with van der Waals surface area (Å²) in [7, 11) is -3.81. The van der Waals surface area contributed by atoms with Crippen LogP contribution in [0.3, 0.4) is 0 Å². The molecule has 0 saturated heterocycles. The minimum absolute atomic E-state index is 0.0693. The fourth-order valence-electron chi connectivity index (χ4n) is 2.28. The summed E-state index contributed by atoms with van der Waals surface area (Å²) in [5, 5.41) is 10.8. The number of aromatic nitrogens is 1. The molecule has 29 heavy (non-hydrogen) atoms. The van der Waals surface area contributed by atoms with Gasteiger partial charge in [-0.1, -0.05) is 28.4 Å². The number of hydrogen-bond donors (Lipinski definition) is 3. The average Bonchev–Trinajstić information content (AvgIpc) is 2.97. The van der Waals surface area contributed by atoms with E-state index in [1.54, 1.807) is 44.2 Å². The molecule has 1 heterocycles. The average molecular weight is 471 g/mol. The molecule has 0 radical (unpaired) electrons. The Bertz CT molecular complexity index is 1160. The molecule has 0 aliphatic heterocycles. The van der Waals surface area contributed by atoms with E-state index in [1.165, 1.54) is 12.1 Å². The molecular formula is C18H16Cl2N4O3S2. The van der Waals surface area contributed by atoms with Crippen LogP contribution in [-0.2, 0) is 10.0 Å². The normalized spacial score (nSPS) is 11.2. The van der Waals surface area contributed by atoms with Crippen LogP contribution in [0.5, 0.6) is 0 Å². The Morgan fingerprint density at radius 3 is 2.21 bits per heavy atom. The Hall–Kier alpha value is -2.33. The molecule has 152 valence electrons. The number of anilines is 3. The number of benzene rings is 2. The first kappa shape index (κ1) is 21.4. The fourth-order valence-corrected chi connectivity index (χ4v) is 3.86. The maximum absolute atomic E-state index is 12.5. The molecule has 0 unspecified atom stereocenters. The molecule has 0 aliphatic carbocycles. The molecule has 0 spiro atoms. The summed E-state index contributed by atoms with van der Waals surface area (Å²) >= 11 is 17.1. The molecule has 0 fully saturated rings. The van der Waals surface area contributed by atoms with Gasteiger partial charge in [0.25, 0.3) is 10.0 Å². The topological polar surface area (TPSA) is 96.3 Å². The minimum atomic E-state index is -3.81. The zero-order valence-electron chi connectivity index (χ0n) is 15.3. The van der Waals surface area contributed by atoms with Crippen molar-refractivity contribution in [1.29, 1.82) is 0 Å². The van der Waals surface area contributed by atoms with Crippen molar-refractivity contribution >= 4 is 67.8 Å². The number of nitrogens with zero attached hydrogens (tertiary/aromatic N) is 1. The summed E-state index contributed by atoms with van der Waals surface area (Å²) in [5.41, 5.74) is 2.52. The maximum atomic E-state index is 12.5. The summed E-state index contributed by atoms with van der Waals surface area (Å²) in [6.07, 6.45) is 0. The van der Waals surface area contributed by atoms with Crippen LogP contribution in [0, 0.1) is 13.8 Å². The van der Waals surface area contributed by atoms with E-state index >= 15 is 0 Å². The van der Waals surface area contributed by atoms with E-state index in [1.807, 2.05) is 0 Å². The van der Waals surface area contributed by atoms with E-state index in [4.69, 9.17) is 39.9 Å². The number of aryl methyl sites for hydroxylation is 1. The van der Waals surface area contributed by atoms with E-state index in [-0.39, 0.29) is 10.8 Å². The minimum Gasteiger partial charge on any atom is -0.337 e. The van der Waals surface area contributed by atoms with Gasteiger partial charge in [-0.15, -0.1) is 0 Å². The first-order valence-corrected chi connectivity index (χ1v) is 10.9. The van der Waals surface area contributed by atoms with Crippen molar-refractivity contribution in [3.63, 3.8) is 0 Å². The van der Waals surface area contributed by atoms with Crippen molar-refractivity contribution in [2.24, 2.45) is 0 Å². The quantitative estimate of drug-likeness (QED) is 0.440. The SMILES string of the molecule is Cc1noc(NS(=O)(=O)c2ccc(NC(=S)Nc3ccc(Cl)c(Cl)c3)cc2)c1C. The van der Waals surface area contributed by atoms with Crippen LogP contribution in [0.15, 0.2) is 51.9 Å². The van der Waals surface area contributed by atoms with Crippen LogP contribution in [-0.4, -0.2) is 18.7 Å². The van der Waals surface area contributed by atoms with Gasteiger partial charge in [-0.3, -0.25) is 0 Å². The summed E-state index contributed by atoms with van der Waals surface area (Å²) in [6, 6.07) is 11.1. The van der Waals surface area contributed by atoms with Crippen LogP contribution in [0.4, 0.5) is 17.3 Å². The van der Waals surface area contributed by atoms with Gasteiger partial charge in [0, 0.05) is 16.9 Å². The van der Waals surface area contributed by atoms with Gasteiger partial charge in [-0.25, -0.2) is 13.1 Å². The van der Waals surface area contributed by atoms with Crippen LogP contribution >= 0.6 is 35.4 Å². The van der Waals surface area contributed by atoms with Crippen LogP contribution in [0.25, 0.3) is 0 Å². The van der Waals surface area contributed by atoms with Gasteiger partial charge < -0.3 is 15.2 Å². The lowest BCUT2D eigenvalue weighted by atomic mass is 10.3. The highest BCUT2D eigenvalue weighted by atomic mass is 35.5. The third-order valence-electron chi connectivity index (χ3n) is 3.98. The highest BCUT2D eigenvalue weighted by Crippen LogP contribution is 2.25. The number of nitrogens with one attached hydrogen (secondary N) is 3. The largest absolute Gasteiger partial charge is 0.337 e. The number of rotatable bonds is 5. The zero-order valence-corrected chi connectivity index (χ0v) is 18.4. The van der Waals surface area contributed by atoms with Crippen molar-refractivity contribution in [3.8, 4) is 0 Å². The zero-order chi connectivity index (χ0) is 21.2. The molecular weight excluding hydrogens is 455 g/mol. The Morgan fingerprint density at radius 2 is 1.62 bits per heavy atom. The molecule has 0 bridgehead atoms. The Balaban J connectivity index is 1.66. The highest BCUT2D eigenvalue weighted by Gasteiger charge is 2.19. The smallest absolute Gasteiger partial charge is 0.264 e. The van der Waals surface area contributed by atoms with E-state index in [0.717, 1.165) is 0 Å². The molecule has 0 atom stereocenters. The van der Waals surface area contributed by atoms with Crippen LogP contribution in [0.2, 0.25) is 10.0 Å². The Kier molecular flexibility index (Phi) is 6.33. The highest BCUT2D eigenvalue weighted by molar-refractivity contribution is 7.92. The molecule has 0 aliphatic rings. The summed E-state index contributed by atoms with van der Waals surface area (Å²) < 4.78 is 32.4. The molecule has 1 aromatic heterocycles. The Morgan fingerprint density at radius 1 is 1.00 bits per heavy atom. The third-order valence-corrected chi connectivity index (χ3v) is 6.27. The van der Waals surface area contributed by atoms with Crippen molar-refractivity contribution in [2.45, 2.75) is 18.7 Å². The second-order valence-electron chi connectivity index (χ2n) is 6.06. The number of sulfonamides is 1. The summed E-state index contributed by atoms with van der Waals surface area (Å²) in [4.78, 5) is 0.0693. The van der Waals surface area contributed by atoms with Gasteiger partial charge >= 0.3 is 0 Å². The number of thiocarbonyl (C=S) groups is 1. The second-order valence-corrected chi connectivity index (χ2v) is 8.97. The predicted molar refractivity (Wildman–Crippen MR) is 120 cm³/mol. The maximum Gasteiger partial charge on any atom is 0.264 e. The predicted octanol–water partition coefficient (Wildman–Crippen LogP) is 5.21. The van der Waals surface area contributed by atoms with E-state index in [0.29, 0.717) is 37.8 Å². The van der Waals surface area contributed by atoms with Crippen LogP contribution in [0.1, 0.15) is 11.3 Å². The van der Waals surface area contributed by atoms with Crippen molar-refractivity contribution in [1.82, 2.24) is 5.16 Å². The molecule has 3 aromatic rings. The first-order valence-electron chi connectivity index (χ1n) is 8.24. The van der Waals surface area contributed by atoms with E-state index in [2.05, 4.69) is 20.5 Å². The van der Waals surface area contributed by atoms with E-state index < -0.39 is 10.0 Å². The molecule has 11 heteroatoms. The summed E-state index contributed by atoms with van der Waals surface area (Å²) in [5.74, 6) is 0.0942.